The van der Waals surface area contributed by atoms with Crippen LogP contribution in [0.2, 0.25) is 0 Å². The van der Waals surface area contributed by atoms with E-state index in [0.29, 0.717) is 17.7 Å². The van der Waals surface area contributed by atoms with E-state index in [1.807, 2.05) is 11.9 Å². The van der Waals surface area contributed by atoms with Crippen LogP contribution in [0.3, 0.4) is 0 Å². The number of piperazine rings is 1. The predicted molar refractivity (Wildman–Crippen MR) is 104 cm³/mol. The third-order valence-corrected chi connectivity index (χ3v) is 6.76. The Kier molecular flexibility index (Phi) is 6.96. The molecule has 0 unspecified atom stereocenters. The van der Waals surface area contributed by atoms with Crippen molar-refractivity contribution in [3.05, 3.63) is 0 Å². The van der Waals surface area contributed by atoms with E-state index >= 15 is 0 Å². The SMILES string of the molecule is CCCN(C)C(=O)[C@H](C1CCCC1)N1CCN(C(=O)C2CCCC2)CC1. The summed E-state index contributed by atoms with van der Waals surface area (Å²) in [4.78, 5) is 32.2. The van der Waals surface area contributed by atoms with Crippen molar-refractivity contribution < 1.29 is 9.59 Å². The summed E-state index contributed by atoms with van der Waals surface area (Å²) in [5.74, 6) is 1.44. The molecule has 0 aromatic carbocycles. The Balaban J connectivity index is 1.61. The number of carbonyl (C=O) groups is 2. The molecule has 0 bridgehead atoms. The molecule has 1 saturated heterocycles. The number of nitrogens with zero attached hydrogens (tertiary/aromatic N) is 3. The number of likely N-dealkylation sites (N-methyl/N-ethyl adjacent to an activating group) is 1. The lowest BCUT2D eigenvalue weighted by molar-refractivity contribution is -0.142. The van der Waals surface area contributed by atoms with Crippen molar-refractivity contribution in [3.8, 4) is 0 Å². The second-order valence-corrected chi connectivity index (χ2v) is 8.59. The molecule has 2 saturated carbocycles. The van der Waals surface area contributed by atoms with Gasteiger partial charge in [-0.25, -0.2) is 0 Å². The summed E-state index contributed by atoms with van der Waals surface area (Å²) >= 11 is 0. The lowest BCUT2D eigenvalue weighted by Crippen LogP contribution is -2.58. The molecule has 5 heteroatoms. The van der Waals surface area contributed by atoms with E-state index < -0.39 is 0 Å². The largest absolute Gasteiger partial charge is 0.344 e. The van der Waals surface area contributed by atoms with Gasteiger partial charge < -0.3 is 9.80 Å². The van der Waals surface area contributed by atoms with Gasteiger partial charge >= 0.3 is 0 Å². The minimum Gasteiger partial charge on any atom is -0.344 e. The summed E-state index contributed by atoms with van der Waals surface area (Å²) < 4.78 is 0. The molecule has 3 aliphatic rings. The number of carbonyl (C=O) groups excluding carboxylic acids is 2. The van der Waals surface area contributed by atoms with Crippen molar-refractivity contribution in [2.75, 3.05) is 39.8 Å². The first-order valence-corrected chi connectivity index (χ1v) is 10.9. The van der Waals surface area contributed by atoms with E-state index in [-0.39, 0.29) is 12.0 Å². The molecule has 0 N–H and O–H groups in total. The number of rotatable bonds is 6. The number of hydrogen-bond acceptors (Lipinski definition) is 3. The fourth-order valence-corrected chi connectivity index (χ4v) is 5.25. The highest BCUT2D eigenvalue weighted by molar-refractivity contribution is 5.82. The average molecular weight is 364 g/mol. The van der Waals surface area contributed by atoms with Crippen LogP contribution in [-0.4, -0.2) is 72.3 Å². The second kappa shape index (κ2) is 9.20. The zero-order chi connectivity index (χ0) is 18.5. The molecule has 0 aromatic rings. The fourth-order valence-electron chi connectivity index (χ4n) is 5.25. The number of amides is 2. The zero-order valence-electron chi connectivity index (χ0n) is 16.8. The summed E-state index contributed by atoms with van der Waals surface area (Å²) in [5, 5.41) is 0. The van der Waals surface area contributed by atoms with Gasteiger partial charge in [0.25, 0.3) is 0 Å². The molecular weight excluding hydrogens is 326 g/mol. The molecular formula is C21H37N3O2. The van der Waals surface area contributed by atoms with Gasteiger partial charge in [0.15, 0.2) is 0 Å². The van der Waals surface area contributed by atoms with Crippen LogP contribution in [0.1, 0.15) is 64.7 Å². The maximum absolute atomic E-state index is 13.1. The van der Waals surface area contributed by atoms with Gasteiger partial charge in [0.05, 0.1) is 6.04 Å². The maximum atomic E-state index is 13.1. The summed E-state index contributed by atoms with van der Waals surface area (Å²) in [5.41, 5.74) is 0. The predicted octanol–water partition coefficient (Wildman–Crippen LogP) is 2.75. The lowest BCUT2D eigenvalue weighted by Gasteiger charge is -2.42. The Morgan fingerprint density at radius 3 is 2.12 bits per heavy atom. The first-order chi connectivity index (χ1) is 12.6. The van der Waals surface area contributed by atoms with Crippen molar-refractivity contribution in [3.63, 3.8) is 0 Å². The maximum Gasteiger partial charge on any atom is 0.239 e. The zero-order valence-corrected chi connectivity index (χ0v) is 16.8. The van der Waals surface area contributed by atoms with E-state index in [9.17, 15) is 9.59 Å². The number of hydrogen-bond donors (Lipinski definition) is 0. The van der Waals surface area contributed by atoms with Crippen LogP contribution < -0.4 is 0 Å². The molecule has 0 aromatic heterocycles. The Bertz CT molecular complexity index is 476. The molecule has 148 valence electrons. The topological polar surface area (TPSA) is 43.9 Å². The smallest absolute Gasteiger partial charge is 0.239 e. The summed E-state index contributed by atoms with van der Waals surface area (Å²) in [6.07, 6.45) is 10.4. The Hall–Kier alpha value is -1.10. The van der Waals surface area contributed by atoms with E-state index in [1.54, 1.807) is 0 Å². The van der Waals surface area contributed by atoms with Crippen LogP contribution in [0.4, 0.5) is 0 Å². The average Bonchev–Trinajstić information content (AvgIpc) is 3.36. The summed E-state index contributed by atoms with van der Waals surface area (Å²) in [6.45, 7) is 6.26. The van der Waals surface area contributed by atoms with Gasteiger partial charge in [-0.3, -0.25) is 14.5 Å². The second-order valence-electron chi connectivity index (χ2n) is 8.59. The molecule has 2 aliphatic carbocycles. The highest BCUT2D eigenvalue weighted by Gasteiger charge is 2.39. The Morgan fingerprint density at radius 1 is 0.962 bits per heavy atom. The molecule has 0 spiro atoms. The van der Waals surface area contributed by atoms with E-state index in [1.165, 1.54) is 38.5 Å². The third kappa shape index (κ3) is 4.41. The van der Waals surface area contributed by atoms with Crippen molar-refractivity contribution in [2.24, 2.45) is 11.8 Å². The molecule has 0 radical (unpaired) electrons. The van der Waals surface area contributed by atoms with Crippen LogP contribution >= 0.6 is 0 Å². The molecule has 5 nitrogen and oxygen atoms in total. The van der Waals surface area contributed by atoms with Crippen LogP contribution in [0.5, 0.6) is 0 Å². The minimum atomic E-state index is 0.0257. The van der Waals surface area contributed by atoms with Gasteiger partial charge in [-0.1, -0.05) is 32.6 Å². The molecule has 1 atom stereocenters. The van der Waals surface area contributed by atoms with Gasteiger partial charge in [0.2, 0.25) is 11.8 Å². The third-order valence-electron chi connectivity index (χ3n) is 6.76. The Morgan fingerprint density at radius 2 is 1.54 bits per heavy atom. The van der Waals surface area contributed by atoms with Gasteiger partial charge in [0.1, 0.15) is 0 Å². The molecule has 26 heavy (non-hydrogen) atoms. The molecule has 2 amide bonds. The van der Waals surface area contributed by atoms with E-state index in [2.05, 4.69) is 16.7 Å². The van der Waals surface area contributed by atoms with Crippen molar-refractivity contribution in [2.45, 2.75) is 70.8 Å². The van der Waals surface area contributed by atoms with Crippen molar-refractivity contribution in [1.82, 2.24) is 14.7 Å². The highest BCUT2D eigenvalue weighted by atomic mass is 16.2. The normalized spacial score (nSPS) is 24.2. The summed E-state index contributed by atoms with van der Waals surface area (Å²) in [6, 6.07) is 0.0257. The molecule has 3 fully saturated rings. The molecule has 1 heterocycles. The van der Waals surface area contributed by atoms with E-state index in [4.69, 9.17) is 0 Å². The molecule has 1 aliphatic heterocycles. The van der Waals surface area contributed by atoms with E-state index in [0.717, 1.165) is 52.0 Å². The van der Waals surface area contributed by atoms with Crippen LogP contribution in [0.15, 0.2) is 0 Å². The lowest BCUT2D eigenvalue weighted by atomic mass is 9.94. The minimum absolute atomic E-state index is 0.0257. The first kappa shape index (κ1) is 19.7. The molecule has 3 rings (SSSR count). The van der Waals surface area contributed by atoms with Crippen LogP contribution in [0.25, 0.3) is 0 Å². The van der Waals surface area contributed by atoms with Crippen LogP contribution in [0, 0.1) is 11.8 Å². The summed E-state index contributed by atoms with van der Waals surface area (Å²) in [7, 11) is 1.95. The van der Waals surface area contributed by atoms with Gasteiger partial charge in [-0.05, 0) is 38.0 Å². The van der Waals surface area contributed by atoms with Crippen molar-refractivity contribution >= 4 is 11.8 Å². The quantitative estimate of drug-likeness (QED) is 0.729. The van der Waals surface area contributed by atoms with Crippen LogP contribution in [-0.2, 0) is 9.59 Å². The van der Waals surface area contributed by atoms with Crippen molar-refractivity contribution in [1.29, 1.82) is 0 Å². The monoisotopic (exact) mass is 363 g/mol. The van der Waals surface area contributed by atoms with Gasteiger partial charge in [-0.2, -0.15) is 0 Å². The van der Waals surface area contributed by atoms with Gasteiger partial charge in [0, 0.05) is 45.7 Å². The first-order valence-electron chi connectivity index (χ1n) is 10.9. The fraction of sp³-hybridized carbons (Fsp3) is 0.905. The highest BCUT2D eigenvalue weighted by Crippen LogP contribution is 2.32. The Labute approximate surface area is 159 Å². The standard InChI is InChI=1S/C21H37N3O2/c1-3-12-22(2)21(26)19(17-8-4-5-9-17)23-13-15-24(16-14-23)20(25)18-10-6-7-11-18/h17-19H,3-16H2,1-2H3/t19-/m0/s1. The van der Waals surface area contributed by atoms with Gasteiger partial charge in [-0.15, -0.1) is 0 Å².